The van der Waals surface area contributed by atoms with E-state index in [0.717, 1.165) is 25.7 Å². The van der Waals surface area contributed by atoms with Gasteiger partial charge in [-0.15, -0.1) is 11.8 Å². The molecule has 2 bridgehead atoms. The average Bonchev–Trinajstić information content (AvgIpc) is 3.26. The van der Waals surface area contributed by atoms with Gasteiger partial charge < -0.3 is 20.6 Å². The van der Waals surface area contributed by atoms with Crippen molar-refractivity contribution in [1.29, 1.82) is 0 Å². The highest BCUT2D eigenvalue weighted by Gasteiger charge is 2.77. The quantitative estimate of drug-likeness (QED) is 0.473. The van der Waals surface area contributed by atoms with Crippen LogP contribution < -0.4 is 10.6 Å². The lowest BCUT2D eigenvalue weighted by atomic mass is 9.66. The van der Waals surface area contributed by atoms with Gasteiger partial charge in [-0.3, -0.25) is 14.4 Å². The van der Waals surface area contributed by atoms with E-state index in [1.54, 1.807) is 23.7 Å². The van der Waals surface area contributed by atoms with Crippen LogP contribution in [0.1, 0.15) is 59.8 Å². The predicted molar refractivity (Wildman–Crippen MR) is 118 cm³/mol. The van der Waals surface area contributed by atoms with Gasteiger partial charge in [0, 0.05) is 18.3 Å². The number of amides is 3. The molecule has 3 fully saturated rings. The molecular formula is C22H37N3O4S. The number of fused-ring (bicyclic) bond motifs is 1. The summed E-state index contributed by atoms with van der Waals surface area (Å²) in [4.78, 5) is 41.8. The average molecular weight is 440 g/mol. The maximum absolute atomic E-state index is 13.8. The fourth-order valence-corrected chi connectivity index (χ4v) is 8.26. The lowest BCUT2D eigenvalue weighted by Crippen LogP contribution is -2.56. The number of nitrogens with one attached hydrogen (secondary N) is 2. The van der Waals surface area contributed by atoms with Crippen LogP contribution in [0.5, 0.6) is 0 Å². The molecule has 1 spiro atoms. The van der Waals surface area contributed by atoms with E-state index < -0.39 is 28.7 Å². The minimum Gasteiger partial charge on any atom is -0.394 e. The second kappa shape index (κ2) is 8.69. The molecule has 6 atom stereocenters. The number of nitrogens with zero attached hydrogens (tertiary/aromatic N) is 1. The van der Waals surface area contributed by atoms with Gasteiger partial charge in [0.25, 0.3) is 0 Å². The van der Waals surface area contributed by atoms with Crippen LogP contribution in [0, 0.1) is 17.8 Å². The molecule has 3 aliphatic heterocycles. The van der Waals surface area contributed by atoms with Crippen molar-refractivity contribution in [3.8, 4) is 0 Å². The Bertz CT molecular complexity index is 702. The zero-order chi connectivity index (χ0) is 22.3. The van der Waals surface area contributed by atoms with Gasteiger partial charge >= 0.3 is 0 Å². The molecule has 2 unspecified atom stereocenters. The molecule has 0 saturated carbocycles. The smallest absolute Gasteiger partial charge is 0.244 e. The topological polar surface area (TPSA) is 98.7 Å². The molecule has 3 amide bonds. The van der Waals surface area contributed by atoms with Gasteiger partial charge in [-0.05, 0) is 38.5 Å². The number of aliphatic hydroxyl groups excluding tert-OH is 1. The van der Waals surface area contributed by atoms with Crippen molar-refractivity contribution >= 4 is 29.5 Å². The van der Waals surface area contributed by atoms with Crippen LogP contribution in [0.25, 0.3) is 0 Å². The number of hydrogen-bond donors (Lipinski definition) is 3. The first-order chi connectivity index (χ1) is 14.2. The normalized spacial score (nSPS) is 35.6. The number of thioether (sulfide) groups is 1. The summed E-state index contributed by atoms with van der Waals surface area (Å²) in [6.45, 7) is 8.62. The summed E-state index contributed by atoms with van der Waals surface area (Å²) >= 11 is 1.67. The summed E-state index contributed by atoms with van der Waals surface area (Å²) in [7, 11) is 1.61. The molecule has 0 aromatic carbocycles. The van der Waals surface area contributed by atoms with Crippen LogP contribution in [0.4, 0.5) is 0 Å². The largest absolute Gasteiger partial charge is 0.394 e. The van der Waals surface area contributed by atoms with Crippen LogP contribution in [0.3, 0.4) is 0 Å². The van der Waals surface area contributed by atoms with E-state index >= 15 is 0 Å². The highest BCUT2D eigenvalue weighted by atomic mass is 32.2. The number of carbonyl (C=O) groups excluding carboxylic acids is 3. The van der Waals surface area contributed by atoms with Gasteiger partial charge in [-0.25, -0.2) is 0 Å². The standard InChI is InChI=1S/C22H37N3O4S/c1-6-7-10-24-19(28)17-22-9-8-21(4,30-22)15(18(27)23-5)16(22)20(29)25(17)14(12-26)11-13(2)3/h13-17,26H,6-12H2,1-5H3,(H,23,27)(H,24,28)/t14-,15-,16+,17?,21+,22?/m1/s1. The molecule has 3 N–H and O–H groups in total. The van der Waals surface area contributed by atoms with Gasteiger partial charge in [0.15, 0.2) is 0 Å². The van der Waals surface area contributed by atoms with Crippen molar-refractivity contribution in [1.82, 2.24) is 15.5 Å². The Morgan fingerprint density at radius 2 is 2.00 bits per heavy atom. The third-order valence-electron chi connectivity index (χ3n) is 7.17. The maximum atomic E-state index is 13.8. The summed E-state index contributed by atoms with van der Waals surface area (Å²) in [5.74, 6) is -1.12. The maximum Gasteiger partial charge on any atom is 0.244 e. The van der Waals surface area contributed by atoms with Crippen molar-refractivity contribution in [3.05, 3.63) is 0 Å². The second-order valence-corrected chi connectivity index (χ2v) is 11.6. The number of hydrogen-bond acceptors (Lipinski definition) is 5. The van der Waals surface area contributed by atoms with Gasteiger partial charge in [-0.2, -0.15) is 0 Å². The molecule has 0 aliphatic carbocycles. The molecule has 8 heteroatoms. The van der Waals surface area contributed by atoms with Gasteiger partial charge in [0.1, 0.15) is 6.04 Å². The van der Waals surface area contributed by atoms with Crippen LogP contribution in [-0.2, 0) is 14.4 Å². The molecule has 3 aliphatic rings. The Morgan fingerprint density at radius 1 is 1.30 bits per heavy atom. The second-order valence-electron chi connectivity index (χ2n) is 9.70. The minimum atomic E-state index is -0.649. The zero-order valence-corrected chi connectivity index (χ0v) is 19.7. The van der Waals surface area contributed by atoms with Gasteiger partial charge in [0.2, 0.25) is 17.7 Å². The summed E-state index contributed by atoms with van der Waals surface area (Å²) in [5, 5.41) is 15.9. The van der Waals surface area contributed by atoms with Crippen LogP contribution in [-0.4, -0.2) is 69.5 Å². The Hall–Kier alpha value is -1.28. The zero-order valence-electron chi connectivity index (χ0n) is 18.9. The van der Waals surface area contributed by atoms with Crippen LogP contribution >= 0.6 is 11.8 Å². The van der Waals surface area contributed by atoms with E-state index in [-0.39, 0.29) is 35.0 Å². The Balaban J connectivity index is 2.04. The first-order valence-electron chi connectivity index (χ1n) is 11.3. The highest BCUT2D eigenvalue weighted by Crippen LogP contribution is 2.71. The van der Waals surface area contributed by atoms with E-state index in [2.05, 4.69) is 24.5 Å². The fourth-order valence-electron chi connectivity index (χ4n) is 5.92. The van der Waals surface area contributed by atoms with E-state index in [4.69, 9.17) is 0 Å². The fraction of sp³-hybridized carbons (Fsp3) is 0.864. The molecule has 170 valence electrons. The number of unbranched alkanes of at least 4 members (excludes halogenated alkanes) is 1. The molecule has 3 saturated heterocycles. The lowest BCUT2D eigenvalue weighted by molar-refractivity contribution is -0.143. The molecular weight excluding hydrogens is 402 g/mol. The third-order valence-corrected chi connectivity index (χ3v) is 9.15. The van der Waals surface area contributed by atoms with E-state index in [1.165, 1.54) is 0 Å². The molecule has 0 radical (unpaired) electrons. The molecule has 7 nitrogen and oxygen atoms in total. The first kappa shape index (κ1) is 23.4. The number of aliphatic hydroxyl groups is 1. The monoisotopic (exact) mass is 439 g/mol. The third kappa shape index (κ3) is 3.53. The predicted octanol–water partition coefficient (Wildman–Crippen LogP) is 1.54. The van der Waals surface area contributed by atoms with Crippen LogP contribution in [0.2, 0.25) is 0 Å². The van der Waals surface area contributed by atoms with Crippen molar-refractivity contribution in [3.63, 3.8) is 0 Å². The lowest BCUT2D eigenvalue weighted by Gasteiger charge is -2.37. The van der Waals surface area contributed by atoms with E-state index in [9.17, 15) is 19.5 Å². The van der Waals surface area contributed by atoms with Gasteiger partial charge in [0.05, 0.1) is 29.2 Å². The number of carbonyl (C=O) groups is 3. The van der Waals surface area contributed by atoms with Crippen molar-refractivity contribution in [2.75, 3.05) is 20.2 Å². The van der Waals surface area contributed by atoms with Gasteiger partial charge in [-0.1, -0.05) is 27.2 Å². The summed E-state index contributed by atoms with van der Waals surface area (Å²) in [6.07, 6.45) is 4.01. The molecule has 30 heavy (non-hydrogen) atoms. The van der Waals surface area contributed by atoms with Crippen molar-refractivity contribution in [2.24, 2.45) is 17.8 Å². The molecule has 3 heterocycles. The van der Waals surface area contributed by atoms with Crippen molar-refractivity contribution < 1.29 is 19.5 Å². The SMILES string of the molecule is CCCCNC(=O)C1N([C@@H](CO)CC(C)C)C(=O)[C@@H]2[C@H](C(=O)NC)[C@]3(C)CCC12S3. The summed E-state index contributed by atoms with van der Waals surface area (Å²) < 4.78 is -0.953. The molecule has 0 aromatic rings. The molecule has 0 aromatic heterocycles. The molecule has 3 rings (SSSR count). The van der Waals surface area contributed by atoms with Crippen molar-refractivity contribution in [2.45, 2.75) is 81.4 Å². The van der Waals surface area contributed by atoms with Crippen LogP contribution in [0.15, 0.2) is 0 Å². The number of rotatable bonds is 9. The summed E-state index contributed by atoms with van der Waals surface area (Å²) in [5.41, 5.74) is 0. The Labute approximate surface area is 184 Å². The minimum absolute atomic E-state index is 0.124. The Morgan fingerprint density at radius 3 is 2.57 bits per heavy atom. The highest BCUT2D eigenvalue weighted by molar-refractivity contribution is 8.02. The Kier molecular flexibility index (Phi) is 6.77. The number of likely N-dealkylation sites (tertiary alicyclic amines) is 1. The first-order valence-corrected chi connectivity index (χ1v) is 12.1. The summed E-state index contributed by atoms with van der Waals surface area (Å²) in [6, 6.07) is -1.07. The van der Waals surface area contributed by atoms with E-state index in [0.29, 0.717) is 13.0 Å². The van der Waals surface area contributed by atoms with E-state index in [1.807, 2.05) is 13.8 Å².